The Morgan fingerprint density at radius 2 is 2.00 bits per heavy atom. The number of alkyl halides is 3. The number of rotatable bonds is 2. The lowest BCUT2D eigenvalue weighted by molar-refractivity contribution is -0.137. The van der Waals surface area contributed by atoms with E-state index in [1.54, 1.807) is 0 Å². The van der Waals surface area contributed by atoms with Crippen LogP contribution >= 0.6 is 11.6 Å². The molecule has 0 radical (unpaired) electrons. The van der Waals surface area contributed by atoms with Gasteiger partial charge in [-0.25, -0.2) is 0 Å². The Bertz CT molecular complexity index is 928. The Hall–Kier alpha value is -1.92. The molecule has 0 amide bonds. The summed E-state index contributed by atoms with van der Waals surface area (Å²) in [5, 5.41) is 6.94. The minimum Gasteiger partial charge on any atom is -0.371 e. The van der Waals surface area contributed by atoms with Gasteiger partial charge in [0.05, 0.1) is 16.3 Å². The summed E-state index contributed by atoms with van der Waals surface area (Å²) in [6, 6.07) is 7.58. The lowest BCUT2D eigenvalue weighted by atomic mass is 9.80. The number of nitrogens with one attached hydrogen (secondary N) is 2. The van der Waals surface area contributed by atoms with Gasteiger partial charge in [-0.05, 0) is 60.2 Å². The van der Waals surface area contributed by atoms with Crippen LogP contribution in [0.15, 0.2) is 30.3 Å². The van der Waals surface area contributed by atoms with Gasteiger partial charge in [0.25, 0.3) is 0 Å². The molecule has 2 aromatic rings. The van der Waals surface area contributed by atoms with Gasteiger partial charge in [0.15, 0.2) is 0 Å². The molecule has 0 aromatic heterocycles. The van der Waals surface area contributed by atoms with Crippen molar-refractivity contribution in [2.45, 2.75) is 24.9 Å². The van der Waals surface area contributed by atoms with E-state index in [0.29, 0.717) is 11.8 Å². The molecule has 148 valence electrons. The number of fused-ring (bicyclic) bond motifs is 2. The highest BCUT2D eigenvalue weighted by molar-refractivity contribution is 6.33. The molecule has 5 rings (SSSR count). The number of aryl methyl sites for hydroxylation is 1. The summed E-state index contributed by atoms with van der Waals surface area (Å²) in [4.78, 5) is 2.49. The summed E-state index contributed by atoms with van der Waals surface area (Å²) < 4.78 is 39.3. The van der Waals surface area contributed by atoms with Crippen LogP contribution in [0, 0.1) is 5.92 Å². The Morgan fingerprint density at radius 3 is 2.82 bits per heavy atom. The number of hydrogen-bond acceptors (Lipinski definition) is 3. The van der Waals surface area contributed by atoms with Gasteiger partial charge in [-0.3, -0.25) is 0 Å². The smallest absolute Gasteiger partial charge is 0.371 e. The number of nitrogens with zero attached hydrogens (tertiary/aromatic N) is 1. The monoisotopic (exact) mass is 407 g/mol. The molecule has 2 atom stereocenters. The standard InChI is InChI=1S/C21H21ClF3N3/c22-18-4-3-14(21(23,24)25)7-19(18)27-15-6-12-2-1-5-28-11-13-9-26-10-17(13)16(8-15)20(12)28/h3-4,6-8,13,17,26-27H,1-2,5,9-11H2/t13-,17-/m1/s1. The van der Waals surface area contributed by atoms with Gasteiger partial charge in [0, 0.05) is 43.5 Å². The number of benzene rings is 2. The molecule has 7 heteroatoms. The van der Waals surface area contributed by atoms with Crippen molar-refractivity contribution in [1.82, 2.24) is 5.32 Å². The van der Waals surface area contributed by atoms with Gasteiger partial charge in [-0.15, -0.1) is 0 Å². The zero-order valence-corrected chi connectivity index (χ0v) is 16.0. The lowest BCUT2D eigenvalue weighted by Crippen LogP contribution is -2.41. The summed E-state index contributed by atoms with van der Waals surface area (Å²) in [5.74, 6) is 1.05. The molecule has 0 aliphatic carbocycles. The molecule has 2 N–H and O–H groups in total. The van der Waals surface area contributed by atoms with E-state index in [0.717, 1.165) is 56.8 Å². The fraction of sp³-hybridized carbons (Fsp3) is 0.429. The van der Waals surface area contributed by atoms with Crippen LogP contribution in [-0.2, 0) is 12.6 Å². The average Bonchev–Trinajstić information content (AvgIpc) is 3.11. The van der Waals surface area contributed by atoms with Crippen molar-refractivity contribution in [3.8, 4) is 0 Å². The number of hydrogen-bond donors (Lipinski definition) is 2. The van der Waals surface area contributed by atoms with Crippen molar-refractivity contribution in [2.24, 2.45) is 5.92 Å². The van der Waals surface area contributed by atoms with Crippen LogP contribution < -0.4 is 15.5 Å². The topological polar surface area (TPSA) is 27.3 Å². The molecule has 28 heavy (non-hydrogen) atoms. The van der Waals surface area contributed by atoms with Gasteiger partial charge < -0.3 is 15.5 Å². The first-order chi connectivity index (χ1) is 13.4. The highest BCUT2D eigenvalue weighted by Gasteiger charge is 2.39. The van der Waals surface area contributed by atoms with Crippen molar-refractivity contribution in [3.05, 3.63) is 52.0 Å². The third kappa shape index (κ3) is 3.03. The Labute approximate surface area is 166 Å². The zero-order valence-electron chi connectivity index (χ0n) is 15.2. The molecule has 3 aliphatic rings. The predicted molar refractivity (Wildman–Crippen MR) is 106 cm³/mol. The maximum atomic E-state index is 13.1. The van der Waals surface area contributed by atoms with E-state index in [1.165, 1.54) is 22.9 Å². The van der Waals surface area contributed by atoms with Crippen LogP contribution in [0.3, 0.4) is 0 Å². The fourth-order valence-electron chi connectivity index (χ4n) is 4.93. The van der Waals surface area contributed by atoms with Gasteiger partial charge in [0.2, 0.25) is 0 Å². The first kappa shape index (κ1) is 18.1. The van der Waals surface area contributed by atoms with E-state index < -0.39 is 11.7 Å². The summed E-state index contributed by atoms with van der Waals surface area (Å²) in [6.07, 6.45) is -2.30. The van der Waals surface area contributed by atoms with Crippen molar-refractivity contribution in [2.75, 3.05) is 36.4 Å². The van der Waals surface area contributed by atoms with Crippen LogP contribution in [0.2, 0.25) is 5.02 Å². The summed E-state index contributed by atoms with van der Waals surface area (Å²) in [5.41, 5.74) is 4.32. The van der Waals surface area contributed by atoms with Crippen LogP contribution in [0.5, 0.6) is 0 Å². The molecule has 0 spiro atoms. The Kier molecular flexibility index (Phi) is 4.25. The lowest BCUT2D eigenvalue weighted by Gasteiger charge is -2.42. The van der Waals surface area contributed by atoms with Crippen molar-refractivity contribution in [1.29, 1.82) is 0 Å². The SMILES string of the molecule is FC(F)(F)c1ccc(Cl)c(Nc2cc3c4c(c2)[C@@H]2CNC[C@@H]2CN4CCC3)c1. The van der Waals surface area contributed by atoms with E-state index in [2.05, 4.69) is 27.7 Å². The van der Waals surface area contributed by atoms with Crippen molar-refractivity contribution >= 4 is 28.7 Å². The molecule has 0 saturated carbocycles. The summed E-state index contributed by atoms with van der Waals surface area (Å²) in [6.45, 7) is 4.14. The molecule has 3 nitrogen and oxygen atoms in total. The molecule has 0 unspecified atom stereocenters. The minimum atomic E-state index is -4.40. The van der Waals surface area contributed by atoms with Gasteiger partial charge in [-0.2, -0.15) is 13.2 Å². The second-order valence-corrected chi connectivity index (χ2v) is 8.37. The molecule has 3 heterocycles. The first-order valence-electron chi connectivity index (χ1n) is 9.66. The molecule has 2 aromatic carbocycles. The van der Waals surface area contributed by atoms with Gasteiger partial charge in [-0.1, -0.05) is 11.6 Å². The normalized spacial score (nSPS) is 23.4. The molecule has 0 bridgehead atoms. The van der Waals surface area contributed by atoms with Gasteiger partial charge >= 0.3 is 6.18 Å². The fourth-order valence-corrected chi connectivity index (χ4v) is 5.09. The van der Waals surface area contributed by atoms with Gasteiger partial charge in [0.1, 0.15) is 0 Å². The predicted octanol–water partition coefficient (Wildman–Crippen LogP) is 5.17. The number of anilines is 3. The summed E-state index contributed by atoms with van der Waals surface area (Å²) in [7, 11) is 0. The molecular weight excluding hydrogens is 387 g/mol. The van der Waals surface area contributed by atoms with Crippen molar-refractivity contribution < 1.29 is 13.2 Å². The molecule has 1 fully saturated rings. The Balaban J connectivity index is 1.55. The third-order valence-corrected chi connectivity index (χ3v) is 6.51. The highest BCUT2D eigenvalue weighted by atomic mass is 35.5. The van der Waals surface area contributed by atoms with Crippen molar-refractivity contribution in [3.63, 3.8) is 0 Å². The second kappa shape index (κ2) is 6.56. The van der Waals surface area contributed by atoms with Crippen LogP contribution in [-0.4, -0.2) is 26.2 Å². The highest BCUT2D eigenvalue weighted by Crippen LogP contribution is 2.46. The maximum Gasteiger partial charge on any atom is 0.416 e. The molecule has 1 saturated heterocycles. The van der Waals surface area contributed by atoms with Crippen LogP contribution in [0.1, 0.15) is 29.0 Å². The second-order valence-electron chi connectivity index (χ2n) is 7.96. The van der Waals surface area contributed by atoms with Crippen LogP contribution in [0.25, 0.3) is 0 Å². The third-order valence-electron chi connectivity index (χ3n) is 6.18. The van der Waals surface area contributed by atoms with E-state index >= 15 is 0 Å². The van der Waals surface area contributed by atoms with E-state index in [9.17, 15) is 13.2 Å². The van der Waals surface area contributed by atoms with E-state index in [4.69, 9.17) is 11.6 Å². The number of halogens is 4. The van der Waals surface area contributed by atoms with Crippen LogP contribution in [0.4, 0.5) is 30.2 Å². The maximum absolute atomic E-state index is 13.1. The molecule has 3 aliphatic heterocycles. The van der Waals surface area contributed by atoms with E-state index in [1.807, 2.05) is 0 Å². The molecular formula is C21H21ClF3N3. The first-order valence-corrected chi connectivity index (χ1v) is 10.0. The quantitative estimate of drug-likeness (QED) is 0.719. The minimum absolute atomic E-state index is 0.279. The largest absolute Gasteiger partial charge is 0.416 e. The average molecular weight is 408 g/mol. The summed E-state index contributed by atoms with van der Waals surface area (Å²) >= 11 is 6.19. The zero-order chi connectivity index (χ0) is 19.5. The Morgan fingerprint density at radius 1 is 1.14 bits per heavy atom. The van der Waals surface area contributed by atoms with E-state index in [-0.39, 0.29) is 10.7 Å².